The molecule has 0 bridgehead atoms. The number of aromatic nitrogens is 1. The van der Waals surface area contributed by atoms with Gasteiger partial charge in [0, 0.05) is 0 Å². The maximum absolute atomic E-state index is 11.9. The third kappa shape index (κ3) is 3.85. The van der Waals surface area contributed by atoms with Crippen LogP contribution in [-0.4, -0.2) is 23.7 Å². The second-order valence-electron chi connectivity index (χ2n) is 5.07. The second kappa shape index (κ2) is 7.12. The van der Waals surface area contributed by atoms with Gasteiger partial charge in [0.2, 0.25) is 5.88 Å². The van der Waals surface area contributed by atoms with E-state index in [1.165, 1.54) is 19.0 Å². The molecule has 0 atom stereocenters. The number of nitrogen functional groups attached to an aromatic ring is 1. The van der Waals surface area contributed by atoms with Crippen LogP contribution in [0.1, 0.15) is 55.8 Å². The SMILES string of the molecule is CCOC(=O)c1cc(N)cnc1OC1CCCCCC1. The third-order valence-corrected chi connectivity index (χ3v) is 3.45. The van der Waals surface area contributed by atoms with Gasteiger partial charge in [-0.2, -0.15) is 0 Å². The number of hydrogen-bond donors (Lipinski definition) is 1. The number of nitrogens with two attached hydrogens (primary N) is 1. The lowest BCUT2D eigenvalue weighted by Gasteiger charge is -2.18. The van der Waals surface area contributed by atoms with Crippen LogP contribution in [-0.2, 0) is 4.74 Å². The topological polar surface area (TPSA) is 74.4 Å². The van der Waals surface area contributed by atoms with Gasteiger partial charge in [0.1, 0.15) is 11.7 Å². The Morgan fingerprint density at radius 2 is 2.05 bits per heavy atom. The Balaban J connectivity index is 2.15. The Bertz CT molecular complexity index is 454. The molecule has 20 heavy (non-hydrogen) atoms. The lowest BCUT2D eigenvalue weighted by atomic mass is 10.1. The summed E-state index contributed by atoms with van der Waals surface area (Å²) < 4.78 is 10.9. The zero-order chi connectivity index (χ0) is 14.4. The van der Waals surface area contributed by atoms with Crippen molar-refractivity contribution in [2.24, 2.45) is 0 Å². The predicted molar refractivity (Wildman–Crippen MR) is 76.7 cm³/mol. The Labute approximate surface area is 119 Å². The van der Waals surface area contributed by atoms with E-state index in [0.29, 0.717) is 23.7 Å². The summed E-state index contributed by atoms with van der Waals surface area (Å²) in [4.78, 5) is 16.1. The average Bonchev–Trinajstić information content (AvgIpc) is 2.69. The molecule has 0 aliphatic heterocycles. The van der Waals surface area contributed by atoms with Gasteiger partial charge in [-0.05, 0) is 38.7 Å². The van der Waals surface area contributed by atoms with Gasteiger partial charge in [-0.15, -0.1) is 0 Å². The van der Waals surface area contributed by atoms with Crippen LogP contribution in [0.2, 0.25) is 0 Å². The van der Waals surface area contributed by atoms with Crippen LogP contribution in [0.25, 0.3) is 0 Å². The zero-order valence-electron chi connectivity index (χ0n) is 11.9. The molecule has 0 radical (unpaired) electrons. The fraction of sp³-hybridized carbons (Fsp3) is 0.600. The van der Waals surface area contributed by atoms with Crippen LogP contribution in [0.3, 0.4) is 0 Å². The summed E-state index contributed by atoms with van der Waals surface area (Å²) in [6, 6.07) is 1.57. The van der Waals surface area contributed by atoms with Gasteiger partial charge in [0.15, 0.2) is 0 Å². The normalized spacial score (nSPS) is 16.4. The number of nitrogens with zero attached hydrogens (tertiary/aromatic N) is 1. The first-order chi connectivity index (χ1) is 9.70. The van der Waals surface area contributed by atoms with Crippen LogP contribution >= 0.6 is 0 Å². The third-order valence-electron chi connectivity index (χ3n) is 3.45. The number of carbonyl (C=O) groups is 1. The summed E-state index contributed by atoms with van der Waals surface area (Å²) in [5.41, 5.74) is 6.44. The Morgan fingerprint density at radius 3 is 2.70 bits per heavy atom. The van der Waals surface area contributed by atoms with Crippen LogP contribution in [0.5, 0.6) is 5.88 Å². The van der Waals surface area contributed by atoms with E-state index >= 15 is 0 Å². The highest BCUT2D eigenvalue weighted by atomic mass is 16.5. The first-order valence-electron chi connectivity index (χ1n) is 7.30. The highest BCUT2D eigenvalue weighted by Gasteiger charge is 2.20. The Hall–Kier alpha value is -1.78. The molecular weight excluding hydrogens is 256 g/mol. The zero-order valence-corrected chi connectivity index (χ0v) is 11.9. The van der Waals surface area contributed by atoms with Crippen LogP contribution in [0.15, 0.2) is 12.3 Å². The van der Waals surface area contributed by atoms with Crippen LogP contribution < -0.4 is 10.5 Å². The minimum Gasteiger partial charge on any atom is -0.474 e. The van der Waals surface area contributed by atoms with Crippen LogP contribution in [0, 0.1) is 0 Å². The number of hydrogen-bond acceptors (Lipinski definition) is 5. The van der Waals surface area contributed by atoms with E-state index in [9.17, 15) is 4.79 Å². The van der Waals surface area contributed by atoms with E-state index in [1.807, 2.05) is 0 Å². The number of anilines is 1. The van der Waals surface area contributed by atoms with Gasteiger partial charge < -0.3 is 15.2 Å². The highest BCUT2D eigenvalue weighted by molar-refractivity contribution is 5.92. The van der Waals surface area contributed by atoms with E-state index in [2.05, 4.69) is 4.98 Å². The molecule has 1 heterocycles. The number of carbonyl (C=O) groups excluding carboxylic acids is 1. The standard InChI is InChI=1S/C15H22N2O3/c1-2-19-15(18)13-9-11(16)10-17-14(13)20-12-7-5-3-4-6-8-12/h9-10,12H,2-8,16H2,1H3. The average molecular weight is 278 g/mol. The largest absolute Gasteiger partial charge is 0.474 e. The molecule has 0 unspecified atom stereocenters. The van der Waals surface area contributed by atoms with Crippen molar-refractivity contribution in [2.45, 2.75) is 51.6 Å². The Kier molecular flexibility index (Phi) is 5.21. The molecular formula is C15H22N2O3. The molecule has 1 fully saturated rings. The van der Waals surface area contributed by atoms with Gasteiger partial charge >= 0.3 is 5.97 Å². The van der Waals surface area contributed by atoms with Crippen molar-refractivity contribution in [1.29, 1.82) is 0 Å². The van der Waals surface area contributed by atoms with Crippen molar-refractivity contribution in [3.8, 4) is 5.88 Å². The second-order valence-corrected chi connectivity index (χ2v) is 5.07. The van der Waals surface area contributed by atoms with E-state index in [-0.39, 0.29) is 6.10 Å². The van der Waals surface area contributed by atoms with Gasteiger partial charge in [0.05, 0.1) is 18.5 Å². The monoisotopic (exact) mass is 278 g/mol. The quantitative estimate of drug-likeness (QED) is 0.677. The molecule has 0 saturated heterocycles. The molecule has 2 rings (SSSR count). The highest BCUT2D eigenvalue weighted by Crippen LogP contribution is 2.25. The van der Waals surface area contributed by atoms with Crippen molar-refractivity contribution in [2.75, 3.05) is 12.3 Å². The lowest BCUT2D eigenvalue weighted by Crippen LogP contribution is -2.18. The fourth-order valence-corrected chi connectivity index (χ4v) is 2.43. The van der Waals surface area contributed by atoms with Crippen LogP contribution in [0.4, 0.5) is 5.69 Å². The maximum Gasteiger partial charge on any atom is 0.343 e. The van der Waals surface area contributed by atoms with E-state index in [4.69, 9.17) is 15.2 Å². The van der Waals surface area contributed by atoms with Crippen molar-refractivity contribution in [3.63, 3.8) is 0 Å². The van der Waals surface area contributed by atoms with Crippen molar-refractivity contribution in [1.82, 2.24) is 4.98 Å². The van der Waals surface area contributed by atoms with E-state index in [0.717, 1.165) is 25.7 Å². The molecule has 1 aromatic rings. The molecule has 1 saturated carbocycles. The number of pyridine rings is 1. The first-order valence-corrected chi connectivity index (χ1v) is 7.30. The summed E-state index contributed by atoms with van der Waals surface area (Å²) in [5, 5.41) is 0. The molecule has 0 spiro atoms. The summed E-state index contributed by atoms with van der Waals surface area (Å²) in [6.07, 6.45) is 8.47. The smallest absolute Gasteiger partial charge is 0.343 e. The molecule has 0 amide bonds. The minimum absolute atomic E-state index is 0.127. The van der Waals surface area contributed by atoms with Gasteiger partial charge in [-0.25, -0.2) is 9.78 Å². The molecule has 1 aromatic heterocycles. The summed E-state index contributed by atoms with van der Waals surface area (Å²) >= 11 is 0. The summed E-state index contributed by atoms with van der Waals surface area (Å²) in [5.74, 6) is -0.0968. The van der Waals surface area contributed by atoms with Gasteiger partial charge in [-0.3, -0.25) is 0 Å². The lowest BCUT2D eigenvalue weighted by molar-refractivity contribution is 0.0516. The molecule has 2 N–H and O–H groups in total. The summed E-state index contributed by atoms with van der Waals surface area (Å²) in [6.45, 7) is 2.08. The maximum atomic E-state index is 11.9. The first kappa shape index (κ1) is 14.6. The molecule has 0 aromatic carbocycles. The number of ether oxygens (including phenoxy) is 2. The van der Waals surface area contributed by atoms with Crippen molar-refractivity contribution < 1.29 is 14.3 Å². The molecule has 1 aliphatic carbocycles. The fourth-order valence-electron chi connectivity index (χ4n) is 2.43. The van der Waals surface area contributed by atoms with Crippen molar-refractivity contribution >= 4 is 11.7 Å². The molecule has 5 nitrogen and oxygen atoms in total. The van der Waals surface area contributed by atoms with Gasteiger partial charge in [0.25, 0.3) is 0 Å². The minimum atomic E-state index is -0.434. The predicted octanol–water partition coefficient (Wildman–Crippen LogP) is 2.94. The summed E-state index contributed by atoms with van der Waals surface area (Å²) in [7, 11) is 0. The molecule has 5 heteroatoms. The number of esters is 1. The number of rotatable bonds is 4. The molecule has 1 aliphatic rings. The van der Waals surface area contributed by atoms with E-state index in [1.54, 1.807) is 13.0 Å². The Morgan fingerprint density at radius 1 is 1.35 bits per heavy atom. The van der Waals surface area contributed by atoms with E-state index < -0.39 is 5.97 Å². The molecule has 110 valence electrons. The van der Waals surface area contributed by atoms with Crippen molar-refractivity contribution in [3.05, 3.63) is 17.8 Å². The van der Waals surface area contributed by atoms with Gasteiger partial charge in [-0.1, -0.05) is 12.8 Å².